The topological polar surface area (TPSA) is 90.0 Å². The molecule has 1 unspecified atom stereocenters. The summed E-state index contributed by atoms with van der Waals surface area (Å²) >= 11 is 0. The maximum absolute atomic E-state index is 12.7. The largest absolute Gasteiger partial charge is 0.481 e. The van der Waals surface area contributed by atoms with Gasteiger partial charge in [0.05, 0.1) is 17.9 Å². The van der Waals surface area contributed by atoms with Crippen molar-refractivity contribution in [1.82, 2.24) is 15.1 Å². The lowest BCUT2D eigenvalue weighted by molar-refractivity contribution is -0.153. The van der Waals surface area contributed by atoms with Crippen molar-refractivity contribution in [2.24, 2.45) is 11.8 Å². The van der Waals surface area contributed by atoms with Crippen molar-refractivity contribution in [2.45, 2.75) is 31.7 Å². The number of carboxylic acids is 1. The van der Waals surface area contributed by atoms with Gasteiger partial charge >= 0.3 is 12.0 Å². The SMILES string of the molecule is O=C(O)[C@H]1CCCC[C@H]1C(=O)N1CCN2C(=O)NCC2C1. The van der Waals surface area contributed by atoms with E-state index in [1.165, 1.54) is 0 Å². The van der Waals surface area contributed by atoms with Gasteiger partial charge in [0.25, 0.3) is 0 Å². The number of carbonyl (C=O) groups excluding carboxylic acids is 2. The Morgan fingerprint density at radius 3 is 2.57 bits per heavy atom. The van der Waals surface area contributed by atoms with E-state index in [0.29, 0.717) is 39.0 Å². The first-order chi connectivity index (χ1) is 10.1. The van der Waals surface area contributed by atoms with Gasteiger partial charge in [0.15, 0.2) is 0 Å². The first-order valence-electron chi connectivity index (χ1n) is 7.64. The molecular weight excluding hydrogens is 274 g/mol. The van der Waals surface area contributed by atoms with Gasteiger partial charge in [0.1, 0.15) is 0 Å². The summed E-state index contributed by atoms with van der Waals surface area (Å²) in [5.74, 6) is -1.84. The van der Waals surface area contributed by atoms with Gasteiger partial charge in [-0.2, -0.15) is 0 Å². The molecule has 1 aliphatic carbocycles. The number of amides is 3. The molecular formula is C14H21N3O4. The van der Waals surface area contributed by atoms with Crippen molar-refractivity contribution < 1.29 is 19.5 Å². The van der Waals surface area contributed by atoms with Crippen LogP contribution in [0.2, 0.25) is 0 Å². The van der Waals surface area contributed by atoms with E-state index in [2.05, 4.69) is 5.32 Å². The summed E-state index contributed by atoms with van der Waals surface area (Å²) in [6.45, 7) is 2.12. The number of nitrogens with one attached hydrogen (secondary N) is 1. The number of urea groups is 1. The predicted octanol–water partition coefficient (Wildman–Crippen LogP) is 0.113. The molecule has 7 nitrogen and oxygen atoms in total. The van der Waals surface area contributed by atoms with Crippen molar-refractivity contribution in [3.05, 3.63) is 0 Å². The van der Waals surface area contributed by atoms with Gasteiger partial charge in [-0.1, -0.05) is 12.8 Å². The summed E-state index contributed by atoms with van der Waals surface area (Å²) in [6, 6.07) is -0.0322. The van der Waals surface area contributed by atoms with Crippen LogP contribution in [0, 0.1) is 11.8 Å². The van der Waals surface area contributed by atoms with E-state index in [-0.39, 0.29) is 18.0 Å². The molecule has 116 valence electrons. The van der Waals surface area contributed by atoms with E-state index in [0.717, 1.165) is 12.8 Å². The molecule has 0 aromatic heterocycles. The van der Waals surface area contributed by atoms with Crippen LogP contribution in [0.25, 0.3) is 0 Å². The van der Waals surface area contributed by atoms with Crippen molar-refractivity contribution in [3.8, 4) is 0 Å². The van der Waals surface area contributed by atoms with Gasteiger partial charge < -0.3 is 20.2 Å². The minimum Gasteiger partial charge on any atom is -0.481 e. The molecule has 3 amide bonds. The highest BCUT2D eigenvalue weighted by Gasteiger charge is 2.42. The number of piperazine rings is 1. The second-order valence-corrected chi connectivity index (χ2v) is 6.15. The number of rotatable bonds is 2. The van der Waals surface area contributed by atoms with E-state index in [4.69, 9.17) is 0 Å². The maximum atomic E-state index is 12.7. The van der Waals surface area contributed by atoms with E-state index in [9.17, 15) is 19.5 Å². The van der Waals surface area contributed by atoms with Gasteiger partial charge in [0, 0.05) is 26.2 Å². The molecule has 0 aromatic rings. The van der Waals surface area contributed by atoms with Crippen LogP contribution in [-0.2, 0) is 9.59 Å². The van der Waals surface area contributed by atoms with Crippen LogP contribution in [0.3, 0.4) is 0 Å². The molecule has 2 saturated heterocycles. The Morgan fingerprint density at radius 1 is 1.14 bits per heavy atom. The van der Waals surface area contributed by atoms with Gasteiger partial charge in [-0.05, 0) is 12.8 Å². The zero-order valence-electron chi connectivity index (χ0n) is 12.0. The number of nitrogens with zero attached hydrogens (tertiary/aromatic N) is 2. The quantitative estimate of drug-likeness (QED) is 0.757. The van der Waals surface area contributed by atoms with Gasteiger partial charge in [0.2, 0.25) is 5.91 Å². The third-order valence-corrected chi connectivity index (χ3v) is 4.94. The number of fused-ring (bicyclic) bond motifs is 1. The second-order valence-electron chi connectivity index (χ2n) is 6.15. The minimum atomic E-state index is -0.857. The molecule has 7 heteroatoms. The Kier molecular flexibility index (Phi) is 3.73. The fraction of sp³-hybridized carbons (Fsp3) is 0.786. The van der Waals surface area contributed by atoms with E-state index in [1.54, 1.807) is 9.80 Å². The molecule has 0 spiro atoms. The molecule has 3 atom stereocenters. The van der Waals surface area contributed by atoms with Crippen molar-refractivity contribution >= 4 is 17.9 Å². The smallest absolute Gasteiger partial charge is 0.317 e. The number of aliphatic carboxylic acids is 1. The summed E-state index contributed by atoms with van der Waals surface area (Å²) < 4.78 is 0. The zero-order chi connectivity index (χ0) is 15.0. The Balaban J connectivity index is 1.67. The summed E-state index contributed by atoms with van der Waals surface area (Å²) in [7, 11) is 0. The molecule has 0 aromatic carbocycles. The molecule has 3 rings (SSSR count). The Bertz CT molecular complexity index is 467. The van der Waals surface area contributed by atoms with Crippen molar-refractivity contribution in [1.29, 1.82) is 0 Å². The van der Waals surface area contributed by atoms with Gasteiger partial charge in [-0.15, -0.1) is 0 Å². The van der Waals surface area contributed by atoms with Gasteiger partial charge in [-0.3, -0.25) is 9.59 Å². The lowest BCUT2D eigenvalue weighted by atomic mass is 9.78. The van der Waals surface area contributed by atoms with Crippen LogP contribution >= 0.6 is 0 Å². The van der Waals surface area contributed by atoms with E-state index >= 15 is 0 Å². The van der Waals surface area contributed by atoms with Crippen LogP contribution in [0.5, 0.6) is 0 Å². The molecule has 2 aliphatic heterocycles. The lowest BCUT2D eigenvalue weighted by Crippen LogP contribution is -2.56. The zero-order valence-corrected chi connectivity index (χ0v) is 12.0. The number of carboxylic acid groups (broad SMARTS) is 1. The summed E-state index contributed by atoms with van der Waals surface area (Å²) in [5, 5.41) is 12.1. The fourth-order valence-corrected chi connectivity index (χ4v) is 3.76. The second kappa shape index (κ2) is 5.54. The van der Waals surface area contributed by atoms with Gasteiger partial charge in [-0.25, -0.2) is 4.79 Å². The summed E-state index contributed by atoms with van der Waals surface area (Å²) in [6.07, 6.45) is 3.06. The number of hydrogen-bond donors (Lipinski definition) is 2. The van der Waals surface area contributed by atoms with Crippen LogP contribution in [0.1, 0.15) is 25.7 Å². The molecule has 2 heterocycles. The molecule has 3 aliphatic rings. The Hall–Kier alpha value is -1.79. The first-order valence-corrected chi connectivity index (χ1v) is 7.64. The predicted molar refractivity (Wildman–Crippen MR) is 73.6 cm³/mol. The first kappa shape index (κ1) is 14.2. The standard InChI is InChI=1S/C14H21N3O4/c18-12(10-3-1-2-4-11(10)13(19)20)16-5-6-17-9(8-16)7-15-14(17)21/h9-11H,1-8H2,(H,15,21)(H,19,20)/t9?,10-,11+/m1/s1. The Morgan fingerprint density at radius 2 is 1.86 bits per heavy atom. The van der Waals surface area contributed by atoms with Crippen LogP contribution < -0.4 is 5.32 Å². The van der Waals surface area contributed by atoms with E-state index < -0.39 is 17.8 Å². The molecule has 0 radical (unpaired) electrons. The van der Waals surface area contributed by atoms with Crippen LogP contribution in [0.15, 0.2) is 0 Å². The highest BCUT2D eigenvalue weighted by molar-refractivity contribution is 5.85. The van der Waals surface area contributed by atoms with E-state index in [1.807, 2.05) is 0 Å². The molecule has 0 bridgehead atoms. The van der Waals surface area contributed by atoms with Crippen molar-refractivity contribution in [2.75, 3.05) is 26.2 Å². The van der Waals surface area contributed by atoms with Crippen molar-refractivity contribution in [3.63, 3.8) is 0 Å². The van der Waals surface area contributed by atoms with Crippen LogP contribution in [-0.4, -0.2) is 65.0 Å². The third-order valence-electron chi connectivity index (χ3n) is 4.94. The average Bonchev–Trinajstić information content (AvgIpc) is 2.87. The average molecular weight is 295 g/mol. The maximum Gasteiger partial charge on any atom is 0.317 e. The molecule has 2 N–H and O–H groups in total. The number of carbonyl (C=O) groups is 3. The number of hydrogen-bond acceptors (Lipinski definition) is 3. The molecule has 3 fully saturated rings. The Labute approximate surface area is 123 Å². The normalized spacial score (nSPS) is 32.6. The third kappa shape index (κ3) is 2.56. The summed E-state index contributed by atoms with van der Waals surface area (Å²) in [4.78, 5) is 39.1. The fourth-order valence-electron chi connectivity index (χ4n) is 3.76. The highest BCUT2D eigenvalue weighted by Crippen LogP contribution is 2.32. The highest BCUT2D eigenvalue weighted by atomic mass is 16.4. The molecule has 1 saturated carbocycles. The summed E-state index contributed by atoms with van der Waals surface area (Å²) in [5.41, 5.74) is 0. The van der Waals surface area contributed by atoms with Crippen LogP contribution in [0.4, 0.5) is 4.79 Å². The monoisotopic (exact) mass is 295 g/mol. The molecule has 21 heavy (non-hydrogen) atoms. The lowest BCUT2D eigenvalue weighted by Gasteiger charge is -2.39. The minimum absolute atomic E-state index is 0.0297.